The van der Waals surface area contributed by atoms with Crippen LogP contribution in [-0.4, -0.2) is 53.3 Å². The molecule has 1 fully saturated rings. The average molecular weight is 462 g/mol. The Bertz CT molecular complexity index is 1100. The zero-order valence-corrected chi connectivity index (χ0v) is 18.1. The third-order valence-electron chi connectivity index (χ3n) is 4.42. The molecule has 2 aromatic carbocycles. The molecule has 1 heterocycles. The number of anilines is 1. The van der Waals surface area contributed by atoms with Crippen molar-refractivity contribution in [3.63, 3.8) is 0 Å². The van der Waals surface area contributed by atoms with Gasteiger partial charge in [-0.05, 0) is 48.1 Å². The SMILES string of the molecule is CN1C(=O)C(=Cc2ccc(OCC(=O)Nc3ccccc3F)c(Cl)c2)C(=O)N(C)C1=S. The van der Waals surface area contributed by atoms with Crippen molar-refractivity contribution in [1.29, 1.82) is 0 Å². The smallest absolute Gasteiger partial charge is 0.265 e. The molecule has 3 amide bonds. The molecule has 0 aromatic heterocycles. The van der Waals surface area contributed by atoms with E-state index in [0.717, 1.165) is 0 Å². The minimum Gasteiger partial charge on any atom is -0.482 e. The second-order valence-corrected chi connectivity index (χ2v) is 7.35. The van der Waals surface area contributed by atoms with Crippen LogP contribution in [0.1, 0.15) is 5.56 Å². The van der Waals surface area contributed by atoms with Gasteiger partial charge in [0.05, 0.1) is 10.7 Å². The molecule has 0 aliphatic carbocycles. The van der Waals surface area contributed by atoms with E-state index in [9.17, 15) is 18.8 Å². The Kier molecular flexibility index (Phi) is 6.67. The summed E-state index contributed by atoms with van der Waals surface area (Å²) in [4.78, 5) is 39.2. The maximum absolute atomic E-state index is 13.6. The lowest BCUT2D eigenvalue weighted by Gasteiger charge is -2.31. The van der Waals surface area contributed by atoms with Crippen molar-refractivity contribution >= 4 is 58.4 Å². The molecule has 1 aliphatic heterocycles. The van der Waals surface area contributed by atoms with Crippen molar-refractivity contribution in [2.45, 2.75) is 0 Å². The van der Waals surface area contributed by atoms with Crippen LogP contribution < -0.4 is 10.1 Å². The number of halogens is 2. The van der Waals surface area contributed by atoms with Crippen molar-refractivity contribution in [3.05, 3.63) is 64.4 Å². The monoisotopic (exact) mass is 461 g/mol. The number of carbonyl (C=O) groups is 3. The lowest BCUT2D eigenvalue weighted by Crippen LogP contribution is -2.52. The molecule has 2 aromatic rings. The minimum absolute atomic E-state index is 0.0420. The van der Waals surface area contributed by atoms with E-state index in [1.807, 2.05) is 0 Å². The van der Waals surface area contributed by atoms with Crippen molar-refractivity contribution in [2.75, 3.05) is 26.0 Å². The van der Waals surface area contributed by atoms with E-state index in [1.54, 1.807) is 12.1 Å². The first kappa shape index (κ1) is 22.4. The molecule has 31 heavy (non-hydrogen) atoms. The molecule has 1 aliphatic rings. The normalized spacial score (nSPS) is 14.1. The fourth-order valence-electron chi connectivity index (χ4n) is 2.76. The number of hydrogen-bond acceptors (Lipinski definition) is 5. The van der Waals surface area contributed by atoms with Gasteiger partial charge in [-0.3, -0.25) is 24.2 Å². The molecule has 1 saturated heterocycles. The molecule has 0 radical (unpaired) electrons. The van der Waals surface area contributed by atoms with E-state index in [2.05, 4.69) is 5.32 Å². The minimum atomic E-state index is -0.562. The van der Waals surface area contributed by atoms with E-state index >= 15 is 0 Å². The van der Waals surface area contributed by atoms with Gasteiger partial charge in [0.1, 0.15) is 17.1 Å². The molecule has 3 rings (SSSR count). The maximum atomic E-state index is 13.6. The van der Waals surface area contributed by atoms with Crippen LogP contribution in [-0.2, 0) is 14.4 Å². The molecule has 7 nitrogen and oxygen atoms in total. The number of benzene rings is 2. The molecule has 0 atom stereocenters. The van der Waals surface area contributed by atoms with Crippen LogP contribution in [0, 0.1) is 5.82 Å². The summed E-state index contributed by atoms with van der Waals surface area (Å²) >= 11 is 11.3. The van der Waals surface area contributed by atoms with Gasteiger partial charge in [0, 0.05) is 14.1 Å². The Morgan fingerprint density at radius 3 is 2.42 bits per heavy atom. The highest BCUT2D eigenvalue weighted by atomic mass is 35.5. The summed E-state index contributed by atoms with van der Waals surface area (Å²) in [7, 11) is 2.97. The molecule has 160 valence electrons. The third kappa shape index (κ3) is 4.89. The molecule has 0 spiro atoms. The third-order valence-corrected chi connectivity index (χ3v) is 5.26. The van der Waals surface area contributed by atoms with E-state index < -0.39 is 30.1 Å². The molecule has 0 unspecified atom stereocenters. The fourth-order valence-corrected chi connectivity index (χ4v) is 3.17. The first-order valence-corrected chi connectivity index (χ1v) is 9.76. The Hall–Kier alpha value is -3.30. The van der Waals surface area contributed by atoms with E-state index in [0.29, 0.717) is 5.56 Å². The van der Waals surface area contributed by atoms with Gasteiger partial charge in [-0.2, -0.15) is 0 Å². The summed E-state index contributed by atoms with van der Waals surface area (Å²) in [5.41, 5.74) is 0.465. The van der Waals surface area contributed by atoms with Crippen LogP contribution in [0.15, 0.2) is 48.0 Å². The summed E-state index contributed by atoms with van der Waals surface area (Å²) < 4.78 is 19.0. The Labute approximate surface area is 188 Å². The number of para-hydroxylation sites is 1. The number of hydrogen-bond donors (Lipinski definition) is 1. The second-order valence-electron chi connectivity index (χ2n) is 6.58. The summed E-state index contributed by atoms with van der Waals surface area (Å²) in [6, 6.07) is 10.3. The van der Waals surface area contributed by atoms with Gasteiger partial charge in [-0.1, -0.05) is 29.8 Å². The Morgan fingerprint density at radius 2 is 1.81 bits per heavy atom. The van der Waals surface area contributed by atoms with Gasteiger partial charge < -0.3 is 10.1 Å². The van der Waals surface area contributed by atoms with Gasteiger partial charge in [-0.15, -0.1) is 0 Å². The number of thiocarbonyl (C=S) groups is 1. The van der Waals surface area contributed by atoms with Gasteiger partial charge in [0.2, 0.25) is 0 Å². The van der Waals surface area contributed by atoms with Crippen LogP contribution in [0.2, 0.25) is 5.02 Å². The number of amides is 3. The molecular formula is C21H17ClFN3O4S. The van der Waals surface area contributed by atoms with Crippen LogP contribution in [0.3, 0.4) is 0 Å². The van der Waals surface area contributed by atoms with Crippen molar-refractivity contribution in [3.8, 4) is 5.75 Å². The van der Waals surface area contributed by atoms with E-state index in [4.69, 9.17) is 28.6 Å². The summed E-state index contributed by atoms with van der Waals surface area (Å²) in [5, 5.41) is 2.68. The number of likely N-dealkylation sites (N-methyl/N-ethyl adjacent to an activating group) is 2. The summed E-state index contributed by atoms with van der Waals surface area (Å²) in [6.45, 7) is -0.390. The average Bonchev–Trinajstić information content (AvgIpc) is 2.75. The first-order valence-electron chi connectivity index (χ1n) is 8.97. The number of carbonyl (C=O) groups excluding carboxylic acids is 3. The number of nitrogens with zero attached hydrogens (tertiary/aromatic N) is 2. The predicted molar refractivity (Wildman–Crippen MR) is 118 cm³/mol. The first-order chi connectivity index (χ1) is 14.7. The van der Waals surface area contributed by atoms with Gasteiger partial charge in [0.25, 0.3) is 17.7 Å². The lowest BCUT2D eigenvalue weighted by atomic mass is 10.1. The highest BCUT2D eigenvalue weighted by Crippen LogP contribution is 2.27. The van der Waals surface area contributed by atoms with Gasteiger partial charge in [-0.25, -0.2) is 4.39 Å². The molecular weight excluding hydrogens is 445 g/mol. The molecule has 0 bridgehead atoms. The van der Waals surface area contributed by atoms with Crippen LogP contribution in [0.4, 0.5) is 10.1 Å². The topological polar surface area (TPSA) is 79.0 Å². The molecule has 10 heteroatoms. The van der Waals surface area contributed by atoms with Crippen LogP contribution >= 0.6 is 23.8 Å². The summed E-state index contributed by atoms with van der Waals surface area (Å²) in [5.74, 6) is -1.95. The van der Waals surface area contributed by atoms with Crippen molar-refractivity contribution in [1.82, 2.24) is 9.80 Å². The quantitative estimate of drug-likeness (QED) is 0.420. The maximum Gasteiger partial charge on any atom is 0.265 e. The molecule has 1 N–H and O–H groups in total. The highest BCUT2D eigenvalue weighted by Gasteiger charge is 2.35. The van der Waals surface area contributed by atoms with Crippen LogP contribution in [0.5, 0.6) is 5.75 Å². The summed E-state index contributed by atoms with van der Waals surface area (Å²) in [6.07, 6.45) is 1.40. The van der Waals surface area contributed by atoms with E-state index in [1.165, 1.54) is 60.3 Å². The zero-order valence-electron chi connectivity index (χ0n) is 16.5. The molecule has 0 saturated carbocycles. The number of ether oxygens (including phenoxy) is 1. The Balaban J connectivity index is 1.70. The largest absolute Gasteiger partial charge is 0.482 e. The zero-order chi connectivity index (χ0) is 22.7. The second kappa shape index (κ2) is 9.23. The van der Waals surface area contributed by atoms with Crippen LogP contribution in [0.25, 0.3) is 6.08 Å². The van der Waals surface area contributed by atoms with Crippen molar-refractivity contribution < 1.29 is 23.5 Å². The van der Waals surface area contributed by atoms with Gasteiger partial charge >= 0.3 is 0 Å². The Morgan fingerprint density at radius 1 is 1.16 bits per heavy atom. The highest BCUT2D eigenvalue weighted by molar-refractivity contribution is 7.80. The fraction of sp³-hybridized carbons (Fsp3) is 0.143. The lowest BCUT2D eigenvalue weighted by molar-refractivity contribution is -0.132. The van der Waals surface area contributed by atoms with E-state index in [-0.39, 0.29) is 27.1 Å². The van der Waals surface area contributed by atoms with Gasteiger partial charge in [0.15, 0.2) is 11.7 Å². The standard InChI is InChI=1S/C21H17ClFN3O4S/c1-25-19(28)13(20(29)26(2)21(25)31)9-12-7-8-17(14(22)10-12)30-11-18(27)24-16-6-4-3-5-15(16)23/h3-10H,11H2,1-2H3,(H,24,27). The predicted octanol–water partition coefficient (Wildman–Crippen LogP) is 3.10. The number of rotatable bonds is 5. The number of nitrogens with one attached hydrogen (secondary N) is 1. The van der Waals surface area contributed by atoms with Crippen molar-refractivity contribution in [2.24, 2.45) is 0 Å².